The van der Waals surface area contributed by atoms with Crippen molar-refractivity contribution in [2.24, 2.45) is 0 Å². The molecule has 0 radical (unpaired) electrons. The third-order valence-corrected chi connectivity index (χ3v) is 7.02. The van der Waals surface area contributed by atoms with Crippen LogP contribution in [-0.4, -0.2) is 50.9 Å². The van der Waals surface area contributed by atoms with E-state index in [2.05, 4.69) is 25.0 Å². The maximum absolute atomic E-state index is 14.2. The summed E-state index contributed by atoms with van der Waals surface area (Å²) >= 11 is 6.96. The number of rotatable bonds is 8. The van der Waals surface area contributed by atoms with E-state index in [9.17, 15) is 27.2 Å². The van der Waals surface area contributed by atoms with Gasteiger partial charge in [0.25, 0.3) is 11.5 Å². The van der Waals surface area contributed by atoms with Crippen molar-refractivity contribution in [3.8, 4) is 10.4 Å². The van der Waals surface area contributed by atoms with E-state index >= 15 is 0 Å². The highest BCUT2D eigenvalue weighted by molar-refractivity contribution is 7.13. The van der Waals surface area contributed by atoms with Crippen LogP contribution in [0.4, 0.5) is 23.2 Å². The van der Waals surface area contributed by atoms with Gasteiger partial charge in [-0.25, -0.2) is 14.4 Å². The fraction of sp³-hybridized carbons (Fsp3) is 0.375. The number of ether oxygens (including phenoxy) is 1. The second-order valence-electron chi connectivity index (χ2n) is 8.54. The van der Waals surface area contributed by atoms with Crippen molar-refractivity contribution >= 4 is 40.4 Å². The van der Waals surface area contributed by atoms with Gasteiger partial charge in [0.15, 0.2) is 0 Å². The molecule has 0 bridgehead atoms. The van der Waals surface area contributed by atoms with E-state index in [-0.39, 0.29) is 36.9 Å². The summed E-state index contributed by atoms with van der Waals surface area (Å²) in [7, 11) is 0. The van der Waals surface area contributed by atoms with Gasteiger partial charge in [0, 0.05) is 35.9 Å². The van der Waals surface area contributed by atoms with Crippen LogP contribution in [0.5, 0.6) is 0 Å². The van der Waals surface area contributed by atoms with Crippen LogP contribution in [0.1, 0.15) is 37.3 Å². The molecule has 2 aromatic heterocycles. The number of thiazole rings is 1. The normalized spacial score (nSPS) is 19.4. The summed E-state index contributed by atoms with van der Waals surface area (Å²) in [5, 5.41) is 2.78. The van der Waals surface area contributed by atoms with Gasteiger partial charge in [-0.1, -0.05) is 23.7 Å². The minimum Gasteiger partial charge on any atom is -0.351 e. The minimum atomic E-state index is -4.74. The number of nitrogens with one attached hydrogen (secondary N) is 1. The molecular formula is C24H22ClF4N5O3S. The Morgan fingerprint density at radius 3 is 2.26 bits per heavy atom. The Morgan fingerprint density at radius 1 is 1.05 bits per heavy atom. The monoisotopic (exact) mass is 571 g/mol. The fourth-order valence-electron chi connectivity index (χ4n) is 4.32. The molecule has 1 aliphatic carbocycles. The second-order valence-corrected chi connectivity index (χ2v) is 9.81. The number of halogens is 5. The first-order valence-corrected chi connectivity index (χ1v) is 12.8. The van der Waals surface area contributed by atoms with Gasteiger partial charge in [-0.05, 0) is 43.4 Å². The topological polar surface area (TPSA) is 97.3 Å². The van der Waals surface area contributed by atoms with Gasteiger partial charge in [-0.15, -0.1) is 24.5 Å². The van der Waals surface area contributed by atoms with Crippen LogP contribution < -0.4 is 10.2 Å². The van der Waals surface area contributed by atoms with E-state index in [1.54, 1.807) is 36.0 Å². The highest BCUT2D eigenvalue weighted by atomic mass is 35.5. The molecular weight excluding hydrogens is 550 g/mol. The Bertz CT molecular complexity index is 1210. The van der Waals surface area contributed by atoms with Crippen molar-refractivity contribution in [3.63, 3.8) is 0 Å². The predicted molar refractivity (Wildman–Crippen MR) is 132 cm³/mol. The number of anilines is 1. The molecule has 1 aliphatic rings. The van der Waals surface area contributed by atoms with E-state index in [1.165, 1.54) is 30.1 Å². The maximum Gasteiger partial charge on any atom is 0.522 e. The Morgan fingerprint density at radius 2 is 1.71 bits per heavy atom. The number of amides is 2. The van der Waals surface area contributed by atoms with Gasteiger partial charge in [0.2, 0.25) is 5.91 Å². The average Bonchev–Trinajstić information content (AvgIpc) is 3.43. The van der Waals surface area contributed by atoms with E-state index in [0.717, 1.165) is 15.3 Å². The van der Waals surface area contributed by atoms with Crippen LogP contribution in [0.15, 0.2) is 54.7 Å². The number of carbonyl (C=O) groups excluding carboxylic acids is 2. The van der Waals surface area contributed by atoms with Crippen LogP contribution in [0, 0.1) is 0 Å². The first-order valence-electron chi connectivity index (χ1n) is 11.5. The van der Waals surface area contributed by atoms with Crippen molar-refractivity contribution in [1.29, 1.82) is 0 Å². The molecule has 1 saturated carbocycles. The molecule has 4 rings (SSSR count). The number of carbonyl (C=O) groups is 2. The van der Waals surface area contributed by atoms with E-state index in [1.807, 2.05) is 0 Å². The molecule has 202 valence electrons. The summed E-state index contributed by atoms with van der Waals surface area (Å²) in [4.78, 5) is 40.3. The molecule has 2 atom stereocenters. The zero-order valence-electron chi connectivity index (χ0n) is 19.6. The molecule has 1 N–H and O–H groups in total. The van der Waals surface area contributed by atoms with Crippen molar-refractivity contribution in [2.75, 3.05) is 4.90 Å². The molecule has 14 heteroatoms. The lowest BCUT2D eigenvalue weighted by Crippen LogP contribution is -2.49. The van der Waals surface area contributed by atoms with Crippen molar-refractivity contribution < 1.29 is 31.9 Å². The van der Waals surface area contributed by atoms with Crippen molar-refractivity contribution in [2.45, 2.75) is 55.9 Å². The standard InChI is InChI=1S/C24H22ClF4N5O3S/c25-21(26)23(36)34(17-5-1-14(2-6-17)19-11-32-13-38-19)20(15-9-30-12-31-10-15)22(35)33-16-3-7-18(8-4-16)37-24(27,28)29/h1-2,5-6,9-13,16,18,20-21H,3-4,7-8H2,(H,33,35). The fourth-order valence-corrected chi connectivity index (χ4v) is 5.05. The number of nitrogens with zero attached hydrogens (tertiary/aromatic N) is 4. The van der Waals surface area contributed by atoms with E-state index in [0.29, 0.717) is 0 Å². The lowest BCUT2D eigenvalue weighted by molar-refractivity contribution is -0.345. The predicted octanol–water partition coefficient (Wildman–Crippen LogP) is 5.17. The Hall–Kier alpha value is -3.16. The Balaban J connectivity index is 1.60. The van der Waals surface area contributed by atoms with Crippen LogP contribution in [0.3, 0.4) is 0 Å². The number of hydrogen-bond acceptors (Lipinski definition) is 7. The van der Waals surface area contributed by atoms with E-state index in [4.69, 9.17) is 11.6 Å². The van der Waals surface area contributed by atoms with Crippen molar-refractivity contribution in [1.82, 2.24) is 20.3 Å². The highest BCUT2D eigenvalue weighted by Crippen LogP contribution is 2.33. The number of alkyl halides is 5. The van der Waals surface area contributed by atoms with Crippen LogP contribution in [-0.2, 0) is 14.3 Å². The number of benzene rings is 1. The molecule has 2 heterocycles. The molecule has 0 spiro atoms. The van der Waals surface area contributed by atoms with Gasteiger partial charge in [0.05, 0.1) is 16.5 Å². The van der Waals surface area contributed by atoms with Crippen LogP contribution >= 0.6 is 22.9 Å². The molecule has 2 unspecified atom stereocenters. The van der Waals surface area contributed by atoms with Gasteiger partial charge < -0.3 is 5.32 Å². The number of hydrogen-bond donors (Lipinski definition) is 1. The van der Waals surface area contributed by atoms with Crippen LogP contribution in [0.2, 0.25) is 0 Å². The summed E-state index contributed by atoms with van der Waals surface area (Å²) in [6.07, 6.45) is 0.421. The summed E-state index contributed by atoms with van der Waals surface area (Å²) in [6.45, 7) is 0. The smallest absolute Gasteiger partial charge is 0.351 e. The van der Waals surface area contributed by atoms with E-state index < -0.39 is 42.0 Å². The minimum absolute atomic E-state index is 0.0828. The summed E-state index contributed by atoms with van der Waals surface area (Å²) < 4.78 is 56.0. The molecule has 0 saturated heterocycles. The largest absolute Gasteiger partial charge is 0.522 e. The Kier molecular flexibility index (Phi) is 8.90. The lowest BCUT2D eigenvalue weighted by Gasteiger charge is -2.34. The first-order chi connectivity index (χ1) is 18.1. The quantitative estimate of drug-likeness (QED) is 0.296. The van der Waals surface area contributed by atoms with Crippen LogP contribution in [0.25, 0.3) is 10.4 Å². The SMILES string of the molecule is O=C(NC1CCC(OC(F)(F)F)CC1)C(c1cncnc1)N(C(=O)C(F)Cl)c1ccc(-c2cncs2)cc1. The molecule has 0 aliphatic heterocycles. The lowest BCUT2D eigenvalue weighted by atomic mass is 9.92. The Labute approximate surface area is 224 Å². The highest BCUT2D eigenvalue weighted by Gasteiger charge is 2.39. The summed E-state index contributed by atoms with van der Waals surface area (Å²) in [6, 6.07) is 4.61. The number of aromatic nitrogens is 3. The summed E-state index contributed by atoms with van der Waals surface area (Å²) in [5.74, 6) is -1.86. The molecule has 2 amide bonds. The third kappa shape index (κ3) is 7.03. The second kappa shape index (κ2) is 12.1. The summed E-state index contributed by atoms with van der Waals surface area (Å²) in [5.41, 5.74) is 0.395. The van der Waals surface area contributed by atoms with Crippen molar-refractivity contribution in [3.05, 3.63) is 60.3 Å². The molecule has 8 nitrogen and oxygen atoms in total. The van der Waals surface area contributed by atoms with Gasteiger partial charge in [-0.2, -0.15) is 0 Å². The average molecular weight is 572 g/mol. The molecule has 1 fully saturated rings. The zero-order valence-corrected chi connectivity index (χ0v) is 21.2. The molecule has 3 aromatic rings. The molecule has 1 aromatic carbocycles. The molecule has 38 heavy (non-hydrogen) atoms. The van der Waals surface area contributed by atoms with Gasteiger partial charge >= 0.3 is 6.36 Å². The maximum atomic E-state index is 14.2. The van der Waals surface area contributed by atoms with Gasteiger partial charge in [-0.3, -0.25) is 24.2 Å². The third-order valence-electron chi connectivity index (χ3n) is 6.01. The first kappa shape index (κ1) is 27.9. The van der Waals surface area contributed by atoms with Gasteiger partial charge in [0.1, 0.15) is 12.4 Å². The zero-order chi connectivity index (χ0) is 27.3.